The van der Waals surface area contributed by atoms with Crippen molar-refractivity contribution < 1.29 is 10.0 Å². The first kappa shape index (κ1) is 12.2. The molecule has 4 heteroatoms. The Morgan fingerprint density at radius 2 is 1.56 bits per heavy atom. The normalized spacial score (nSPS) is 22.1. The van der Waals surface area contributed by atoms with E-state index in [0.717, 1.165) is 6.04 Å². The molecule has 0 atom stereocenters. The molecule has 2 aliphatic rings. The fourth-order valence-corrected chi connectivity index (χ4v) is 2.98. The van der Waals surface area contributed by atoms with Crippen LogP contribution in [-0.2, 0) is 0 Å². The highest BCUT2D eigenvalue weighted by molar-refractivity contribution is 6.58. The highest BCUT2D eigenvalue weighted by Crippen LogP contribution is 2.34. The lowest BCUT2D eigenvalue weighted by Crippen LogP contribution is -2.34. The third kappa shape index (κ3) is 2.61. The van der Waals surface area contributed by atoms with Gasteiger partial charge in [-0.3, -0.25) is 0 Å². The summed E-state index contributed by atoms with van der Waals surface area (Å²) in [7, 11) is -1.35. The minimum Gasteiger partial charge on any atom is -0.423 e. The van der Waals surface area contributed by atoms with E-state index in [9.17, 15) is 0 Å². The van der Waals surface area contributed by atoms with Gasteiger partial charge in [-0.1, -0.05) is 24.3 Å². The molecule has 1 heterocycles. The van der Waals surface area contributed by atoms with Gasteiger partial charge in [0, 0.05) is 6.04 Å². The van der Waals surface area contributed by atoms with E-state index in [1.807, 2.05) is 24.3 Å². The first-order valence-electron chi connectivity index (χ1n) is 6.94. The van der Waals surface area contributed by atoms with E-state index < -0.39 is 7.12 Å². The van der Waals surface area contributed by atoms with Crippen LogP contribution in [0.2, 0.25) is 0 Å². The van der Waals surface area contributed by atoms with Crippen LogP contribution in [-0.4, -0.2) is 41.2 Å². The van der Waals surface area contributed by atoms with E-state index >= 15 is 0 Å². The number of hydrogen-bond donors (Lipinski definition) is 2. The van der Waals surface area contributed by atoms with Crippen LogP contribution in [0.1, 0.15) is 37.2 Å². The van der Waals surface area contributed by atoms with E-state index in [-0.39, 0.29) is 0 Å². The summed E-state index contributed by atoms with van der Waals surface area (Å²) in [5.74, 6) is 0.643. The van der Waals surface area contributed by atoms with Gasteiger partial charge < -0.3 is 14.9 Å². The van der Waals surface area contributed by atoms with Gasteiger partial charge in [0.2, 0.25) is 0 Å². The molecule has 0 unspecified atom stereocenters. The smallest absolute Gasteiger partial charge is 0.423 e. The van der Waals surface area contributed by atoms with Crippen LogP contribution < -0.4 is 5.46 Å². The SMILES string of the molecule is OB(O)c1ccc(C2CCN(C3CC3)CC2)cc1. The Morgan fingerprint density at radius 1 is 0.944 bits per heavy atom. The molecule has 2 fully saturated rings. The number of piperidine rings is 1. The summed E-state index contributed by atoms with van der Waals surface area (Å²) < 4.78 is 0. The number of benzene rings is 1. The topological polar surface area (TPSA) is 43.7 Å². The summed E-state index contributed by atoms with van der Waals surface area (Å²) >= 11 is 0. The first-order chi connectivity index (χ1) is 8.74. The zero-order valence-corrected chi connectivity index (χ0v) is 10.6. The summed E-state index contributed by atoms with van der Waals surface area (Å²) in [4.78, 5) is 2.63. The molecule has 1 saturated heterocycles. The third-order valence-electron chi connectivity index (χ3n) is 4.30. The second-order valence-electron chi connectivity index (χ2n) is 5.58. The fraction of sp³-hybridized carbons (Fsp3) is 0.571. The Hall–Kier alpha value is -0.835. The van der Waals surface area contributed by atoms with Crippen molar-refractivity contribution in [1.82, 2.24) is 4.90 Å². The van der Waals surface area contributed by atoms with Crippen molar-refractivity contribution in [2.45, 2.75) is 37.6 Å². The van der Waals surface area contributed by atoms with Crippen molar-refractivity contribution in [1.29, 1.82) is 0 Å². The predicted octanol–water partition coefficient (Wildman–Crippen LogP) is 0.708. The van der Waals surface area contributed by atoms with Gasteiger partial charge in [0.15, 0.2) is 0 Å². The van der Waals surface area contributed by atoms with Crippen molar-refractivity contribution >= 4 is 12.6 Å². The highest BCUT2D eigenvalue weighted by Gasteiger charge is 2.32. The van der Waals surface area contributed by atoms with Crippen molar-refractivity contribution in [3.63, 3.8) is 0 Å². The van der Waals surface area contributed by atoms with Crippen LogP contribution in [0.5, 0.6) is 0 Å². The van der Waals surface area contributed by atoms with E-state index in [1.165, 1.54) is 44.3 Å². The molecule has 0 spiro atoms. The van der Waals surface area contributed by atoms with Gasteiger partial charge in [-0.25, -0.2) is 0 Å². The summed E-state index contributed by atoms with van der Waals surface area (Å²) in [5.41, 5.74) is 1.92. The van der Waals surface area contributed by atoms with Gasteiger partial charge in [0.1, 0.15) is 0 Å². The molecular weight excluding hydrogens is 225 g/mol. The fourth-order valence-electron chi connectivity index (χ4n) is 2.98. The summed E-state index contributed by atoms with van der Waals surface area (Å²) in [5, 5.41) is 18.2. The lowest BCUT2D eigenvalue weighted by Gasteiger charge is -2.32. The Balaban J connectivity index is 1.61. The molecule has 1 aromatic carbocycles. The Labute approximate surface area is 109 Å². The van der Waals surface area contributed by atoms with Crippen LogP contribution in [0.3, 0.4) is 0 Å². The summed E-state index contributed by atoms with van der Waals surface area (Å²) in [6.45, 7) is 2.44. The van der Waals surface area contributed by atoms with Crippen LogP contribution in [0.4, 0.5) is 0 Å². The number of hydrogen-bond acceptors (Lipinski definition) is 3. The molecule has 0 aromatic heterocycles. The molecule has 0 amide bonds. The molecule has 1 aliphatic carbocycles. The van der Waals surface area contributed by atoms with Gasteiger partial charge in [0.05, 0.1) is 0 Å². The predicted molar refractivity (Wildman–Crippen MR) is 72.8 cm³/mol. The molecule has 18 heavy (non-hydrogen) atoms. The van der Waals surface area contributed by atoms with Gasteiger partial charge in [-0.15, -0.1) is 0 Å². The third-order valence-corrected chi connectivity index (χ3v) is 4.30. The maximum atomic E-state index is 9.08. The van der Waals surface area contributed by atoms with Crippen molar-refractivity contribution in [2.24, 2.45) is 0 Å². The zero-order chi connectivity index (χ0) is 12.5. The number of nitrogens with zero attached hydrogens (tertiary/aromatic N) is 1. The second-order valence-corrected chi connectivity index (χ2v) is 5.58. The van der Waals surface area contributed by atoms with Crippen molar-refractivity contribution in [3.8, 4) is 0 Å². The average Bonchev–Trinajstić information content (AvgIpc) is 3.23. The number of rotatable bonds is 3. The largest absolute Gasteiger partial charge is 0.488 e. The molecule has 0 radical (unpaired) electrons. The second kappa shape index (κ2) is 5.04. The maximum Gasteiger partial charge on any atom is 0.488 e. The van der Waals surface area contributed by atoms with Gasteiger partial charge in [-0.2, -0.15) is 0 Å². The van der Waals surface area contributed by atoms with Crippen molar-refractivity contribution in [3.05, 3.63) is 29.8 Å². The monoisotopic (exact) mass is 245 g/mol. The quantitative estimate of drug-likeness (QED) is 0.771. The molecule has 1 aliphatic heterocycles. The van der Waals surface area contributed by atoms with E-state index in [1.54, 1.807) is 0 Å². The van der Waals surface area contributed by atoms with Gasteiger partial charge >= 0.3 is 7.12 Å². The van der Waals surface area contributed by atoms with Crippen molar-refractivity contribution in [2.75, 3.05) is 13.1 Å². The summed E-state index contributed by atoms with van der Waals surface area (Å²) in [6.07, 6.45) is 5.26. The Bertz CT molecular complexity index is 395. The lowest BCUT2D eigenvalue weighted by atomic mass is 9.78. The molecule has 1 aromatic rings. The van der Waals surface area contributed by atoms with Crippen LogP contribution >= 0.6 is 0 Å². The molecule has 0 bridgehead atoms. The van der Waals surface area contributed by atoms with Crippen LogP contribution in [0.15, 0.2) is 24.3 Å². The first-order valence-corrected chi connectivity index (χ1v) is 6.94. The average molecular weight is 245 g/mol. The standard InChI is InChI=1S/C14H20BNO2/c17-15(18)13-3-1-11(2-4-13)12-7-9-16(10-8-12)14-5-6-14/h1-4,12,14,17-18H,5-10H2. The molecule has 96 valence electrons. The molecule has 3 nitrogen and oxygen atoms in total. The van der Waals surface area contributed by atoms with E-state index in [0.29, 0.717) is 11.4 Å². The lowest BCUT2D eigenvalue weighted by molar-refractivity contribution is 0.203. The van der Waals surface area contributed by atoms with E-state index in [4.69, 9.17) is 10.0 Å². The minimum atomic E-state index is -1.35. The maximum absolute atomic E-state index is 9.08. The van der Waals surface area contributed by atoms with Gasteiger partial charge in [0.25, 0.3) is 0 Å². The minimum absolute atomic E-state index is 0.578. The zero-order valence-electron chi connectivity index (χ0n) is 10.6. The molecule has 2 N–H and O–H groups in total. The van der Waals surface area contributed by atoms with Gasteiger partial charge in [-0.05, 0) is 55.7 Å². The Kier molecular flexibility index (Phi) is 3.42. The Morgan fingerprint density at radius 3 is 2.06 bits per heavy atom. The molecule has 3 rings (SSSR count). The van der Waals surface area contributed by atoms with Crippen LogP contribution in [0.25, 0.3) is 0 Å². The highest BCUT2D eigenvalue weighted by atomic mass is 16.4. The van der Waals surface area contributed by atoms with Crippen LogP contribution in [0, 0.1) is 0 Å². The number of likely N-dealkylation sites (tertiary alicyclic amines) is 1. The van der Waals surface area contributed by atoms with E-state index in [2.05, 4.69) is 4.90 Å². The molecule has 1 saturated carbocycles. The molecular formula is C14H20BNO2. The summed E-state index contributed by atoms with van der Waals surface area (Å²) in [6, 6.07) is 8.64.